The Kier molecular flexibility index (Phi) is 4.47. The zero-order chi connectivity index (χ0) is 13.5. The van der Waals surface area contributed by atoms with E-state index in [1.807, 2.05) is 48.5 Å². The van der Waals surface area contributed by atoms with Crippen molar-refractivity contribution < 1.29 is 0 Å². The van der Waals surface area contributed by atoms with Crippen LogP contribution in [0.3, 0.4) is 0 Å². The number of benzene rings is 2. The van der Waals surface area contributed by atoms with Crippen molar-refractivity contribution in [1.29, 1.82) is 0 Å². The van der Waals surface area contributed by atoms with Crippen LogP contribution in [0.15, 0.2) is 53.7 Å². The van der Waals surface area contributed by atoms with Gasteiger partial charge in [0.1, 0.15) is 6.67 Å². The Morgan fingerprint density at radius 1 is 0.947 bits per heavy atom. The molecule has 0 aliphatic rings. The summed E-state index contributed by atoms with van der Waals surface area (Å²) in [5, 5.41) is 8.69. The van der Waals surface area contributed by atoms with Crippen molar-refractivity contribution in [2.45, 2.75) is 0 Å². The minimum atomic E-state index is 0.108. The van der Waals surface area contributed by atoms with Gasteiger partial charge in [-0.15, -0.1) is 4.91 Å². The monoisotopic (exact) mass is 256 g/mol. The van der Waals surface area contributed by atoms with Crippen LogP contribution in [0.2, 0.25) is 0 Å². The molecule has 0 atom stereocenters. The largest absolute Gasteiger partial charge is 0.399 e. The molecule has 5 nitrogen and oxygen atoms in total. The van der Waals surface area contributed by atoms with Crippen LogP contribution in [0.25, 0.3) is 11.1 Å². The van der Waals surface area contributed by atoms with Gasteiger partial charge in [0.25, 0.3) is 0 Å². The fraction of sp³-hybridized carbons (Fsp3) is 0.143. The molecule has 0 heterocycles. The van der Waals surface area contributed by atoms with E-state index in [4.69, 9.17) is 5.73 Å². The zero-order valence-corrected chi connectivity index (χ0v) is 10.5. The molecule has 4 N–H and O–H groups in total. The molecule has 0 aliphatic heterocycles. The van der Waals surface area contributed by atoms with E-state index in [9.17, 15) is 4.91 Å². The predicted molar refractivity (Wildman–Crippen MR) is 78.6 cm³/mol. The first-order valence-corrected chi connectivity index (χ1v) is 5.99. The topological polar surface area (TPSA) is 79.5 Å². The molecule has 0 radical (unpaired) electrons. The van der Waals surface area contributed by atoms with E-state index in [0.717, 1.165) is 22.5 Å². The highest BCUT2D eigenvalue weighted by molar-refractivity contribution is 5.67. The Labute approximate surface area is 111 Å². The van der Waals surface area contributed by atoms with Crippen LogP contribution in [0.5, 0.6) is 0 Å². The number of hydrogen-bond donors (Lipinski definition) is 3. The Hall–Kier alpha value is -2.40. The van der Waals surface area contributed by atoms with E-state index >= 15 is 0 Å². The van der Waals surface area contributed by atoms with Gasteiger partial charge in [-0.25, -0.2) is 0 Å². The molecule has 2 aromatic rings. The second-order valence-corrected chi connectivity index (χ2v) is 4.09. The van der Waals surface area contributed by atoms with Crippen molar-refractivity contribution in [2.24, 2.45) is 5.18 Å². The SMILES string of the molecule is Nc1ccc(-c2ccc(NCNCN=O)cc2)cc1. The summed E-state index contributed by atoms with van der Waals surface area (Å²) >= 11 is 0. The lowest BCUT2D eigenvalue weighted by molar-refractivity contribution is 0.748. The van der Waals surface area contributed by atoms with E-state index in [-0.39, 0.29) is 6.67 Å². The van der Waals surface area contributed by atoms with Gasteiger partial charge in [0.05, 0.1) is 6.67 Å². The highest BCUT2D eigenvalue weighted by Gasteiger charge is 1.97. The van der Waals surface area contributed by atoms with Gasteiger partial charge in [0.15, 0.2) is 0 Å². The minimum Gasteiger partial charge on any atom is -0.399 e. The average molecular weight is 256 g/mol. The molecule has 0 amide bonds. The molecule has 98 valence electrons. The fourth-order valence-electron chi connectivity index (χ4n) is 1.72. The van der Waals surface area contributed by atoms with E-state index in [1.54, 1.807) is 0 Å². The lowest BCUT2D eigenvalue weighted by atomic mass is 10.1. The summed E-state index contributed by atoms with van der Waals surface area (Å²) in [6.45, 7) is 0.615. The van der Waals surface area contributed by atoms with E-state index in [1.165, 1.54) is 0 Å². The lowest BCUT2D eigenvalue weighted by Crippen LogP contribution is -2.21. The maximum Gasteiger partial charge on any atom is 0.132 e. The second-order valence-electron chi connectivity index (χ2n) is 4.09. The summed E-state index contributed by atoms with van der Waals surface area (Å²) in [5.74, 6) is 0. The third-order valence-corrected chi connectivity index (χ3v) is 2.72. The number of nitrogens with one attached hydrogen (secondary N) is 2. The summed E-state index contributed by atoms with van der Waals surface area (Å²) in [4.78, 5) is 9.89. The van der Waals surface area contributed by atoms with Gasteiger partial charge in [0.2, 0.25) is 0 Å². The molecule has 0 unspecified atom stereocenters. The summed E-state index contributed by atoms with van der Waals surface area (Å²) in [6, 6.07) is 15.8. The number of nitrogens with zero attached hydrogens (tertiary/aromatic N) is 1. The molecule has 0 saturated heterocycles. The number of nitrogen functional groups attached to an aromatic ring is 1. The number of nitroso groups, excluding NO2 is 1. The predicted octanol–water partition coefficient (Wildman–Crippen LogP) is 2.62. The molecule has 0 bridgehead atoms. The third-order valence-electron chi connectivity index (χ3n) is 2.72. The van der Waals surface area contributed by atoms with Crippen molar-refractivity contribution in [3.63, 3.8) is 0 Å². The van der Waals surface area contributed by atoms with Crippen LogP contribution in [-0.2, 0) is 0 Å². The minimum absolute atomic E-state index is 0.108. The summed E-state index contributed by atoms with van der Waals surface area (Å²) in [6.07, 6.45) is 0. The molecule has 0 fully saturated rings. The molecule has 2 aromatic carbocycles. The molecule has 0 aromatic heterocycles. The summed E-state index contributed by atoms with van der Waals surface area (Å²) < 4.78 is 0. The highest BCUT2D eigenvalue weighted by Crippen LogP contribution is 2.22. The first kappa shape index (κ1) is 13.0. The molecule has 0 saturated carbocycles. The van der Waals surface area contributed by atoms with Crippen LogP contribution in [0.4, 0.5) is 11.4 Å². The van der Waals surface area contributed by atoms with Crippen LogP contribution < -0.4 is 16.4 Å². The van der Waals surface area contributed by atoms with Crippen molar-refractivity contribution in [1.82, 2.24) is 5.32 Å². The number of anilines is 2. The molecular formula is C14H16N4O. The maximum atomic E-state index is 9.89. The number of rotatable bonds is 6. The normalized spacial score (nSPS) is 10.1. The van der Waals surface area contributed by atoms with Crippen LogP contribution in [0.1, 0.15) is 0 Å². The molecular weight excluding hydrogens is 240 g/mol. The van der Waals surface area contributed by atoms with Gasteiger partial charge in [-0.1, -0.05) is 29.4 Å². The zero-order valence-electron chi connectivity index (χ0n) is 10.5. The van der Waals surface area contributed by atoms with Crippen LogP contribution >= 0.6 is 0 Å². The van der Waals surface area contributed by atoms with E-state index < -0.39 is 0 Å². The quantitative estimate of drug-likeness (QED) is 0.321. The lowest BCUT2D eigenvalue weighted by Gasteiger charge is -2.07. The summed E-state index contributed by atoms with van der Waals surface area (Å²) in [7, 11) is 0. The van der Waals surface area contributed by atoms with Gasteiger partial charge in [-0.2, -0.15) is 0 Å². The molecule has 0 spiro atoms. The van der Waals surface area contributed by atoms with Crippen LogP contribution in [0, 0.1) is 4.91 Å². The smallest absolute Gasteiger partial charge is 0.132 e. The van der Waals surface area contributed by atoms with Crippen molar-refractivity contribution in [2.75, 3.05) is 24.4 Å². The van der Waals surface area contributed by atoms with Crippen molar-refractivity contribution >= 4 is 11.4 Å². The number of hydrogen-bond acceptors (Lipinski definition) is 5. The van der Waals surface area contributed by atoms with Gasteiger partial charge >= 0.3 is 0 Å². The van der Waals surface area contributed by atoms with Crippen molar-refractivity contribution in [3.05, 3.63) is 53.4 Å². The first-order valence-electron chi connectivity index (χ1n) is 5.99. The van der Waals surface area contributed by atoms with Crippen molar-refractivity contribution in [3.8, 4) is 11.1 Å². The standard InChI is InChI=1S/C14H16N4O/c15-13-5-1-11(2-6-13)12-3-7-14(8-4-12)17-9-16-10-18-19/h1-8,16-17H,9-10,15H2. The fourth-order valence-corrected chi connectivity index (χ4v) is 1.72. The summed E-state index contributed by atoms with van der Waals surface area (Å²) in [5.41, 5.74) is 9.67. The third kappa shape index (κ3) is 3.79. The van der Waals surface area contributed by atoms with E-state index in [0.29, 0.717) is 6.67 Å². The molecule has 5 heteroatoms. The Balaban J connectivity index is 1.98. The maximum absolute atomic E-state index is 9.89. The van der Waals surface area contributed by atoms with Gasteiger partial charge < -0.3 is 11.1 Å². The molecule has 0 aliphatic carbocycles. The molecule has 2 rings (SSSR count). The van der Waals surface area contributed by atoms with Crippen LogP contribution in [-0.4, -0.2) is 13.3 Å². The Morgan fingerprint density at radius 2 is 1.53 bits per heavy atom. The molecule has 19 heavy (non-hydrogen) atoms. The number of nitrogens with two attached hydrogens (primary N) is 1. The van der Waals surface area contributed by atoms with Gasteiger partial charge in [-0.3, -0.25) is 5.32 Å². The van der Waals surface area contributed by atoms with Gasteiger partial charge in [-0.05, 0) is 35.4 Å². The first-order chi connectivity index (χ1) is 9.29. The highest BCUT2D eigenvalue weighted by atomic mass is 16.3. The second kappa shape index (κ2) is 6.51. The Bertz CT molecular complexity index is 522. The average Bonchev–Trinajstić information content (AvgIpc) is 2.45. The van der Waals surface area contributed by atoms with E-state index in [2.05, 4.69) is 15.8 Å². The Morgan fingerprint density at radius 3 is 2.11 bits per heavy atom. The van der Waals surface area contributed by atoms with Gasteiger partial charge in [0, 0.05) is 11.4 Å².